The molecule has 1 saturated carbocycles. The Balaban J connectivity index is 1.62. The number of benzene rings is 2. The molecule has 140 valence electrons. The summed E-state index contributed by atoms with van der Waals surface area (Å²) in [6.45, 7) is 0.295. The van der Waals surface area contributed by atoms with Crippen LogP contribution in [0.4, 0.5) is 0 Å². The molecule has 0 aromatic heterocycles. The molecule has 6 nitrogen and oxygen atoms in total. The van der Waals surface area contributed by atoms with E-state index in [1.165, 1.54) is 0 Å². The van der Waals surface area contributed by atoms with Crippen LogP contribution in [0, 0.1) is 0 Å². The second-order valence-corrected chi connectivity index (χ2v) is 6.48. The lowest BCUT2D eigenvalue weighted by Gasteiger charge is -2.43. The van der Waals surface area contributed by atoms with Crippen LogP contribution < -0.4 is 0 Å². The minimum absolute atomic E-state index is 0.147. The van der Waals surface area contributed by atoms with Crippen molar-refractivity contribution >= 4 is 0 Å². The predicted octanol–water partition coefficient (Wildman–Crippen LogP) is 0.614. The van der Waals surface area contributed by atoms with Crippen molar-refractivity contribution in [1.29, 1.82) is 0 Å². The summed E-state index contributed by atoms with van der Waals surface area (Å²) >= 11 is 0. The lowest BCUT2D eigenvalue weighted by atomic mass is 9.84. The number of hydrogen-bond acceptors (Lipinski definition) is 6. The fourth-order valence-corrected chi connectivity index (χ4v) is 3.11. The molecule has 26 heavy (non-hydrogen) atoms. The van der Waals surface area contributed by atoms with Gasteiger partial charge in [0.25, 0.3) is 0 Å². The fourth-order valence-electron chi connectivity index (χ4n) is 3.11. The third-order valence-corrected chi connectivity index (χ3v) is 4.62. The van der Waals surface area contributed by atoms with Crippen LogP contribution in [0.1, 0.15) is 11.1 Å². The second kappa shape index (κ2) is 8.73. The van der Waals surface area contributed by atoms with Gasteiger partial charge >= 0.3 is 0 Å². The average molecular weight is 360 g/mol. The van der Waals surface area contributed by atoms with E-state index in [0.717, 1.165) is 11.1 Å². The van der Waals surface area contributed by atoms with E-state index in [2.05, 4.69) is 0 Å². The van der Waals surface area contributed by atoms with Gasteiger partial charge in [0.05, 0.1) is 13.2 Å². The molecule has 0 aliphatic heterocycles. The Kier molecular flexibility index (Phi) is 6.37. The molecule has 0 amide bonds. The molecule has 3 rings (SSSR count). The van der Waals surface area contributed by atoms with Crippen molar-refractivity contribution in [1.82, 2.24) is 0 Å². The maximum atomic E-state index is 10.3. The van der Waals surface area contributed by atoms with E-state index in [1.54, 1.807) is 0 Å². The molecular formula is C20H24O6. The number of ether oxygens (including phenoxy) is 2. The maximum absolute atomic E-state index is 10.3. The van der Waals surface area contributed by atoms with Crippen molar-refractivity contribution in [3.63, 3.8) is 0 Å². The van der Waals surface area contributed by atoms with Crippen LogP contribution in [0.15, 0.2) is 60.7 Å². The van der Waals surface area contributed by atoms with Gasteiger partial charge in [-0.1, -0.05) is 60.7 Å². The lowest BCUT2D eigenvalue weighted by Crippen LogP contribution is -2.64. The Hall–Kier alpha value is -1.80. The van der Waals surface area contributed by atoms with Gasteiger partial charge in [-0.05, 0) is 11.1 Å². The first-order valence-electron chi connectivity index (χ1n) is 8.61. The van der Waals surface area contributed by atoms with E-state index < -0.39 is 36.6 Å². The summed E-state index contributed by atoms with van der Waals surface area (Å²) in [5.41, 5.74) is 1.72. The molecule has 2 aromatic carbocycles. The summed E-state index contributed by atoms with van der Waals surface area (Å²) < 4.78 is 11.1. The van der Waals surface area contributed by atoms with Crippen LogP contribution >= 0.6 is 0 Å². The van der Waals surface area contributed by atoms with E-state index in [1.807, 2.05) is 60.7 Å². The van der Waals surface area contributed by atoms with Crippen molar-refractivity contribution in [3.05, 3.63) is 71.8 Å². The number of aliphatic hydroxyl groups excluding tert-OH is 4. The highest BCUT2D eigenvalue weighted by molar-refractivity contribution is 5.15. The van der Waals surface area contributed by atoms with Crippen LogP contribution in [0.3, 0.4) is 0 Å². The van der Waals surface area contributed by atoms with E-state index in [4.69, 9.17) is 9.47 Å². The molecule has 0 spiro atoms. The number of hydrogen-bond donors (Lipinski definition) is 4. The van der Waals surface area contributed by atoms with Gasteiger partial charge < -0.3 is 29.9 Å². The molecular weight excluding hydrogens is 336 g/mol. The van der Waals surface area contributed by atoms with Crippen molar-refractivity contribution in [2.45, 2.75) is 49.8 Å². The first-order chi connectivity index (χ1) is 12.6. The van der Waals surface area contributed by atoms with Gasteiger partial charge in [0.1, 0.15) is 36.6 Å². The summed E-state index contributed by atoms with van der Waals surface area (Å²) in [6, 6.07) is 18.5. The lowest BCUT2D eigenvalue weighted by molar-refractivity contribution is -0.250. The largest absolute Gasteiger partial charge is 0.387 e. The minimum Gasteiger partial charge on any atom is -0.387 e. The fraction of sp³-hybridized carbons (Fsp3) is 0.400. The van der Waals surface area contributed by atoms with Crippen molar-refractivity contribution in [2.24, 2.45) is 0 Å². The molecule has 0 radical (unpaired) electrons. The highest BCUT2D eigenvalue weighted by Crippen LogP contribution is 2.27. The molecule has 1 fully saturated rings. The molecule has 2 unspecified atom stereocenters. The standard InChI is InChI=1S/C20H24O6/c21-15-17(23)20(26-12-14-9-5-2-6-10-14)18(24)16(22)19(15)25-11-13-7-3-1-4-8-13/h1-10,15-24H,11-12H2/t15-,16+,17+,18-,19?,20?. The minimum atomic E-state index is -1.38. The zero-order valence-electron chi connectivity index (χ0n) is 14.3. The van der Waals surface area contributed by atoms with Crippen LogP contribution in [-0.4, -0.2) is 57.0 Å². The monoisotopic (exact) mass is 360 g/mol. The van der Waals surface area contributed by atoms with Crippen LogP contribution in [0.2, 0.25) is 0 Å². The Bertz CT molecular complexity index is 589. The van der Waals surface area contributed by atoms with Gasteiger partial charge in [-0.25, -0.2) is 0 Å². The summed E-state index contributed by atoms with van der Waals surface area (Å²) in [5, 5.41) is 41.4. The van der Waals surface area contributed by atoms with Crippen LogP contribution in [0.5, 0.6) is 0 Å². The van der Waals surface area contributed by atoms with Crippen molar-refractivity contribution in [2.75, 3.05) is 0 Å². The molecule has 0 saturated heterocycles. The van der Waals surface area contributed by atoms with Crippen molar-refractivity contribution < 1.29 is 29.9 Å². The van der Waals surface area contributed by atoms with E-state index in [0.29, 0.717) is 0 Å². The molecule has 6 heteroatoms. The van der Waals surface area contributed by atoms with Crippen molar-refractivity contribution in [3.8, 4) is 0 Å². The average Bonchev–Trinajstić information content (AvgIpc) is 2.68. The Morgan fingerprint density at radius 2 is 0.846 bits per heavy atom. The van der Waals surface area contributed by atoms with Crippen LogP contribution in [-0.2, 0) is 22.7 Å². The van der Waals surface area contributed by atoms with E-state index in [-0.39, 0.29) is 13.2 Å². The van der Waals surface area contributed by atoms with Gasteiger partial charge in [0.2, 0.25) is 0 Å². The molecule has 2 aromatic rings. The maximum Gasteiger partial charge on any atom is 0.115 e. The number of rotatable bonds is 6. The smallest absolute Gasteiger partial charge is 0.115 e. The quantitative estimate of drug-likeness (QED) is 0.603. The van der Waals surface area contributed by atoms with Gasteiger partial charge in [-0.15, -0.1) is 0 Å². The Labute approximate surface area is 152 Å². The van der Waals surface area contributed by atoms with E-state index in [9.17, 15) is 20.4 Å². The van der Waals surface area contributed by atoms with Gasteiger partial charge in [-0.3, -0.25) is 0 Å². The Morgan fingerprint density at radius 1 is 0.538 bits per heavy atom. The zero-order chi connectivity index (χ0) is 18.5. The van der Waals surface area contributed by atoms with Gasteiger partial charge in [-0.2, -0.15) is 0 Å². The third kappa shape index (κ3) is 4.29. The predicted molar refractivity (Wildman–Crippen MR) is 94.1 cm³/mol. The van der Waals surface area contributed by atoms with Gasteiger partial charge in [0, 0.05) is 0 Å². The number of aliphatic hydroxyl groups is 4. The normalized spacial score (nSPS) is 31.7. The van der Waals surface area contributed by atoms with E-state index >= 15 is 0 Å². The van der Waals surface area contributed by atoms with Crippen LogP contribution in [0.25, 0.3) is 0 Å². The topological polar surface area (TPSA) is 99.4 Å². The highest BCUT2D eigenvalue weighted by Gasteiger charge is 2.50. The molecule has 0 heterocycles. The molecule has 1 aliphatic rings. The summed E-state index contributed by atoms with van der Waals surface area (Å²) in [6.07, 6.45) is -7.74. The zero-order valence-corrected chi connectivity index (χ0v) is 14.3. The molecule has 1 aliphatic carbocycles. The summed E-state index contributed by atoms with van der Waals surface area (Å²) in [5.74, 6) is 0. The molecule has 6 atom stereocenters. The van der Waals surface area contributed by atoms with Gasteiger partial charge in [0.15, 0.2) is 0 Å². The first-order valence-corrected chi connectivity index (χ1v) is 8.61. The summed E-state index contributed by atoms with van der Waals surface area (Å²) in [7, 11) is 0. The molecule has 0 bridgehead atoms. The third-order valence-electron chi connectivity index (χ3n) is 4.62. The molecule has 4 N–H and O–H groups in total. The SMILES string of the molecule is O[C@@H]1C(OCc2ccccc2)[C@H](O)[C@H](O)C(OCc2ccccc2)[C@@H]1O. The Morgan fingerprint density at radius 3 is 1.15 bits per heavy atom. The summed E-state index contributed by atoms with van der Waals surface area (Å²) in [4.78, 5) is 0. The first kappa shape index (κ1) is 19.0. The second-order valence-electron chi connectivity index (χ2n) is 6.48. The highest BCUT2D eigenvalue weighted by atomic mass is 16.5.